The highest BCUT2D eigenvalue weighted by atomic mass is 32.2. The van der Waals surface area contributed by atoms with Gasteiger partial charge in [-0.2, -0.15) is 0 Å². The molecule has 1 heterocycles. The van der Waals surface area contributed by atoms with Gasteiger partial charge in [0.1, 0.15) is 5.69 Å². The maximum absolute atomic E-state index is 11.3. The van der Waals surface area contributed by atoms with Crippen molar-refractivity contribution in [2.45, 2.75) is 11.1 Å². The molecule has 0 amide bonds. The average molecular weight is 260 g/mol. The second-order valence-electron chi connectivity index (χ2n) is 3.43. The van der Waals surface area contributed by atoms with E-state index < -0.39 is 20.8 Å². The van der Waals surface area contributed by atoms with Crippen LogP contribution in [0.1, 0.15) is 11.7 Å². The molecule has 0 radical (unpaired) electrons. The lowest BCUT2D eigenvalue weighted by molar-refractivity contribution is -0.386. The molecule has 0 spiro atoms. The number of hydrogen-bond acceptors (Lipinski definition) is 7. The van der Waals surface area contributed by atoms with E-state index in [0.717, 1.165) is 18.4 Å². The molecule has 4 N–H and O–H groups in total. The zero-order valence-electron chi connectivity index (χ0n) is 9.03. The topological polar surface area (TPSA) is 142 Å². The fourth-order valence-electron chi connectivity index (χ4n) is 1.19. The van der Waals surface area contributed by atoms with Crippen molar-refractivity contribution in [2.24, 2.45) is 11.5 Å². The number of sulfone groups is 1. The Labute approximate surface area is 97.7 Å². The molecule has 1 aromatic rings. The summed E-state index contributed by atoms with van der Waals surface area (Å²) in [6.07, 6.45) is 0.957. The van der Waals surface area contributed by atoms with Gasteiger partial charge in [-0.1, -0.05) is 0 Å². The molecule has 1 atom stereocenters. The highest BCUT2D eigenvalue weighted by molar-refractivity contribution is 7.90. The quantitative estimate of drug-likeness (QED) is 0.541. The van der Waals surface area contributed by atoms with Crippen LogP contribution in [0.2, 0.25) is 0 Å². The monoisotopic (exact) mass is 260 g/mol. The summed E-state index contributed by atoms with van der Waals surface area (Å²) < 4.78 is 22.5. The first-order chi connectivity index (χ1) is 7.77. The van der Waals surface area contributed by atoms with E-state index >= 15 is 0 Å². The lowest BCUT2D eigenvalue weighted by atomic mass is 10.2. The van der Waals surface area contributed by atoms with Crippen molar-refractivity contribution < 1.29 is 13.3 Å². The minimum atomic E-state index is -3.54. The van der Waals surface area contributed by atoms with Crippen molar-refractivity contribution in [3.63, 3.8) is 0 Å². The third-order valence-corrected chi connectivity index (χ3v) is 3.05. The van der Waals surface area contributed by atoms with E-state index in [4.69, 9.17) is 11.5 Å². The van der Waals surface area contributed by atoms with Gasteiger partial charge in [-0.25, -0.2) is 13.4 Å². The van der Waals surface area contributed by atoms with Gasteiger partial charge in [-0.3, -0.25) is 10.1 Å². The third kappa shape index (κ3) is 2.96. The van der Waals surface area contributed by atoms with Crippen LogP contribution in [0.4, 0.5) is 5.69 Å². The van der Waals surface area contributed by atoms with E-state index in [1.54, 1.807) is 0 Å². The van der Waals surface area contributed by atoms with Crippen LogP contribution in [0.15, 0.2) is 17.2 Å². The predicted octanol–water partition coefficient (Wildman–Crippen LogP) is -0.648. The van der Waals surface area contributed by atoms with Crippen molar-refractivity contribution in [1.82, 2.24) is 4.98 Å². The van der Waals surface area contributed by atoms with Gasteiger partial charge in [0, 0.05) is 18.9 Å². The van der Waals surface area contributed by atoms with Crippen molar-refractivity contribution in [1.29, 1.82) is 0 Å². The standard InChI is InChI=1S/C8H12N4O4S/c1-17(15,16)7-3-2-6(12(13)14)8(11-7)5(10)4-9/h2-3,5H,4,9-10H2,1H3. The van der Waals surface area contributed by atoms with Crippen molar-refractivity contribution in [3.05, 3.63) is 27.9 Å². The fraction of sp³-hybridized carbons (Fsp3) is 0.375. The molecule has 0 fully saturated rings. The molecule has 94 valence electrons. The summed E-state index contributed by atoms with van der Waals surface area (Å²) in [5, 5.41) is 10.5. The predicted molar refractivity (Wildman–Crippen MR) is 60.0 cm³/mol. The Balaban J connectivity index is 3.45. The second kappa shape index (κ2) is 4.73. The Kier molecular flexibility index (Phi) is 3.76. The van der Waals surface area contributed by atoms with Crippen LogP contribution in [0, 0.1) is 10.1 Å². The van der Waals surface area contributed by atoms with Gasteiger partial charge in [0.25, 0.3) is 5.69 Å². The zero-order valence-corrected chi connectivity index (χ0v) is 9.85. The molecule has 0 saturated carbocycles. The molecule has 17 heavy (non-hydrogen) atoms. The Bertz CT molecular complexity index is 542. The Hall–Kier alpha value is -1.58. The van der Waals surface area contributed by atoms with E-state index in [1.165, 1.54) is 0 Å². The number of nitro groups is 1. The highest BCUT2D eigenvalue weighted by Crippen LogP contribution is 2.23. The van der Waals surface area contributed by atoms with Crippen LogP contribution in [-0.4, -0.2) is 31.1 Å². The summed E-state index contributed by atoms with van der Waals surface area (Å²) >= 11 is 0. The largest absolute Gasteiger partial charge is 0.329 e. The number of nitrogens with zero attached hydrogens (tertiary/aromatic N) is 2. The molecule has 1 unspecified atom stereocenters. The van der Waals surface area contributed by atoms with Crippen LogP contribution in [0.25, 0.3) is 0 Å². The van der Waals surface area contributed by atoms with Crippen LogP contribution in [-0.2, 0) is 9.84 Å². The van der Waals surface area contributed by atoms with Crippen molar-refractivity contribution >= 4 is 15.5 Å². The molecule has 0 aliphatic rings. The van der Waals surface area contributed by atoms with Gasteiger partial charge in [-0.05, 0) is 6.07 Å². The first-order valence-corrected chi connectivity index (χ1v) is 6.47. The van der Waals surface area contributed by atoms with E-state index in [0.29, 0.717) is 0 Å². The number of hydrogen-bond donors (Lipinski definition) is 2. The van der Waals surface area contributed by atoms with Gasteiger partial charge in [0.15, 0.2) is 14.9 Å². The molecular formula is C8H12N4O4S. The summed E-state index contributed by atoms with van der Waals surface area (Å²) in [5.74, 6) is 0. The van der Waals surface area contributed by atoms with Crippen molar-refractivity contribution in [2.75, 3.05) is 12.8 Å². The van der Waals surface area contributed by atoms with E-state index in [1.807, 2.05) is 0 Å². The van der Waals surface area contributed by atoms with Gasteiger partial charge in [-0.15, -0.1) is 0 Å². The van der Waals surface area contributed by atoms with E-state index in [-0.39, 0.29) is 23.0 Å². The fourth-order valence-corrected chi connectivity index (χ4v) is 1.77. The van der Waals surface area contributed by atoms with Gasteiger partial charge < -0.3 is 11.5 Å². The third-order valence-electron chi connectivity index (χ3n) is 2.06. The summed E-state index contributed by atoms with van der Waals surface area (Å²) in [5.41, 5.74) is 10.4. The number of aromatic nitrogens is 1. The molecule has 0 bridgehead atoms. The Morgan fingerprint density at radius 1 is 1.53 bits per heavy atom. The summed E-state index contributed by atoms with van der Waals surface area (Å²) in [6, 6.07) is 1.26. The normalized spacial score (nSPS) is 13.4. The van der Waals surface area contributed by atoms with Crippen LogP contribution in [0.5, 0.6) is 0 Å². The molecule has 0 saturated heterocycles. The molecular weight excluding hydrogens is 248 g/mol. The highest BCUT2D eigenvalue weighted by Gasteiger charge is 2.23. The van der Waals surface area contributed by atoms with Crippen LogP contribution >= 0.6 is 0 Å². The number of nitrogens with two attached hydrogens (primary N) is 2. The summed E-state index contributed by atoms with van der Waals surface area (Å²) in [6.45, 7) is -0.0684. The second-order valence-corrected chi connectivity index (χ2v) is 5.39. The minimum Gasteiger partial charge on any atom is -0.329 e. The van der Waals surface area contributed by atoms with Crippen LogP contribution < -0.4 is 11.5 Å². The Morgan fingerprint density at radius 3 is 2.53 bits per heavy atom. The number of pyridine rings is 1. The molecule has 0 aliphatic heterocycles. The lowest BCUT2D eigenvalue weighted by Gasteiger charge is -2.09. The maximum atomic E-state index is 11.3. The van der Waals surface area contributed by atoms with E-state index in [9.17, 15) is 18.5 Å². The smallest absolute Gasteiger partial charge is 0.292 e. The summed E-state index contributed by atoms with van der Waals surface area (Å²) in [4.78, 5) is 13.7. The Morgan fingerprint density at radius 2 is 2.12 bits per heavy atom. The molecule has 0 aliphatic carbocycles. The van der Waals surface area contributed by atoms with Gasteiger partial charge in [0.2, 0.25) is 0 Å². The SMILES string of the molecule is CS(=O)(=O)c1ccc([N+](=O)[O-])c(C(N)CN)n1. The summed E-state index contributed by atoms with van der Waals surface area (Å²) in [7, 11) is -3.54. The molecule has 8 nitrogen and oxygen atoms in total. The molecule has 0 aromatic carbocycles. The van der Waals surface area contributed by atoms with Gasteiger partial charge >= 0.3 is 0 Å². The first-order valence-electron chi connectivity index (χ1n) is 4.58. The first kappa shape index (κ1) is 13.5. The molecule has 1 rings (SSSR count). The van der Waals surface area contributed by atoms with Gasteiger partial charge in [0.05, 0.1) is 11.0 Å². The molecule has 1 aromatic heterocycles. The average Bonchev–Trinajstić information content (AvgIpc) is 2.25. The number of rotatable bonds is 4. The molecule has 9 heteroatoms. The zero-order chi connectivity index (χ0) is 13.2. The van der Waals surface area contributed by atoms with Crippen LogP contribution in [0.3, 0.4) is 0 Å². The minimum absolute atomic E-state index is 0.0684. The van der Waals surface area contributed by atoms with E-state index in [2.05, 4.69) is 4.98 Å². The van der Waals surface area contributed by atoms with Crippen molar-refractivity contribution in [3.8, 4) is 0 Å². The maximum Gasteiger partial charge on any atom is 0.292 e. The lowest BCUT2D eigenvalue weighted by Crippen LogP contribution is -2.23.